The molecule has 0 heterocycles. The molecule has 3 aliphatic rings. The molecule has 0 aromatic rings. The van der Waals surface area contributed by atoms with Gasteiger partial charge in [0.15, 0.2) is 0 Å². The molecule has 6 nitrogen and oxygen atoms in total. The largest absolute Gasteiger partial charge is 0.465 e. The van der Waals surface area contributed by atoms with Crippen molar-refractivity contribution in [2.45, 2.75) is 50.6 Å². The minimum atomic E-state index is -5.91. The van der Waals surface area contributed by atoms with Crippen molar-refractivity contribution in [3.8, 4) is 0 Å². The van der Waals surface area contributed by atoms with Crippen molar-refractivity contribution in [2.24, 2.45) is 17.3 Å². The van der Waals surface area contributed by atoms with E-state index >= 15 is 0 Å². The van der Waals surface area contributed by atoms with Gasteiger partial charge in [-0.2, -0.15) is 17.2 Å². The lowest BCUT2D eigenvalue weighted by Gasteiger charge is -2.63. The summed E-state index contributed by atoms with van der Waals surface area (Å²) in [5.74, 6) is -2.50. The van der Waals surface area contributed by atoms with Crippen LogP contribution in [-0.4, -0.2) is 41.0 Å². The van der Waals surface area contributed by atoms with Gasteiger partial charge in [0.2, 0.25) is 0 Å². The molecule has 3 rings (SSSR count). The minimum Gasteiger partial charge on any atom is -0.451 e. The van der Waals surface area contributed by atoms with Crippen LogP contribution in [0.2, 0.25) is 0 Å². The zero-order valence-electron chi connectivity index (χ0n) is 11.8. The van der Waals surface area contributed by atoms with Gasteiger partial charge >= 0.3 is 21.3 Å². The van der Waals surface area contributed by atoms with Gasteiger partial charge in [-0.05, 0) is 37.0 Å². The molecule has 122 valence electrons. The van der Waals surface area contributed by atoms with Gasteiger partial charge in [-0.15, -0.1) is 0 Å². The van der Waals surface area contributed by atoms with E-state index in [0.29, 0.717) is 6.42 Å². The Bertz CT molecular complexity index is 572. The number of halogens is 2. The molecule has 3 fully saturated rings. The lowest BCUT2D eigenvalue weighted by Crippen LogP contribution is -2.66. The number of hydrogen-bond acceptors (Lipinski definition) is 5. The Hall–Kier alpha value is -0.800. The second kappa shape index (κ2) is 4.36. The highest BCUT2D eigenvalue weighted by molar-refractivity contribution is 7.87. The molecule has 0 aromatic heterocycles. The van der Waals surface area contributed by atoms with E-state index in [1.165, 1.54) is 6.92 Å². The van der Waals surface area contributed by atoms with Crippen molar-refractivity contribution in [2.75, 3.05) is 0 Å². The smallest absolute Gasteiger partial charge is 0.451 e. The second-order valence-electron chi connectivity index (χ2n) is 6.70. The van der Waals surface area contributed by atoms with Crippen LogP contribution in [0.4, 0.5) is 8.78 Å². The van der Waals surface area contributed by atoms with Gasteiger partial charge in [0, 0.05) is 0 Å². The van der Waals surface area contributed by atoms with Crippen molar-refractivity contribution in [1.82, 2.24) is 0 Å². The molecule has 4 atom stereocenters. The first kappa shape index (κ1) is 16.6. The van der Waals surface area contributed by atoms with Crippen LogP contribution in [0.5, 0.6) is 0 Å². The maximum atomic E-state index is 13.2. The summed E-state index contributed by atoms with van der Waals surface area (Å²) in [6.07, 6.45) is -0.306. The SMILES string of the molecule is CC1(OC(=O)C(F)(F)S(=O)(=O)O)CC2CC(C1O)C2(C)C. The Morgan fingerprint density at radius 1 is 1.33 bits per heavy atom. The number of hydrogen-bond donors (Lipinski definition) is 2. The van der Waals surface area contributed by atoms with Crippen LogP contribution in [0, 0.1) is 17.3 Å². The molecule has 3 aliphatic carbocycles. The van der Waals surface area contributed by atoms with E-state index in [1.54, 1.807) is 0 Å². The third-order valence-electron chi connectivity index (χ3n) is 5.09. The second-order valence-corrected chi connectivity index (χ2v) is 8.17. The van der Waals surface area contributed by atoms with Gasteiger partial charge in [-0.3, -0.25) is 4.55 Å². The van der Waals surface area contributed by atoms with Gasteiger partial charge in [-0.25, -0.2) is 4.79 Å². The number of rotatable bonds is 3. The Morgan fingerprint density at radius 2 is 1.86 bits per heavy atom. The predicted octanol–water partition coefficient (Wildman–Crippen LogP) is 1.20. The quantitative estimate of drug-likeness (QED) is 0.596. The van der Waals surface area contributed by atoms with Gasteiger partial charge in [0.25, 0.3) is 0 Å². The number of aliphatic hydroxyl groups excluding tert-OH is 1. The number of aliphatic hydroxyl groups is 1. The van der Waals surface area contributed by atoms with Gasteiger partial charge in [0.05, 0.1) is 6.10 Å². The minimum absolute atomic E-state index is 0.0862. The number of fused-ring (bicyclic) bond motifs is 2. The van der Waals surface area contributed by atoms with Gasteiger partial charge in [-0.1, -0.05) is 13.8 Å². The lowest BCUT2D eigenvalue weighted by molar-refractivity contribution is -0.252. The molecule has 0 aromatic carbocycles. The molecule has 0 spiro atoms. The summed E-state index contributed by atoms with van der Waals surface area (Å²) in [6.45, 7) is 5.16. The summed E-state index contributed by atoms with van der Waals surface area (Å²) >= 11 is 0. The topological polar surface area (TPSA) is 101 Å². The number of esters is 1. The number of ether oxygens (including phenoxy) is 1. The molecule has 0 saturated heterocycles. The first-order valence-corrected chi connectivity index (χ1v) is 7.94. The molecule has 9 heteroatoms. The molecule has 4 unspecified atom stereocenters. The van der Waals surface area contributed by atoms with E-state index in [1.807, 2.05) is 13.8 Å². The first-order valence-electron chi connectivity index (χ1n) is 6.50. The standard InChI is InChI=1S/C12H18F2O6S/c1-10(2)6-4-7(10)8(15)11(3,5-6)20-9(16)12(13,14)21(17,18)19/h6-8,15H,4-5H2,1-3H3,(H,17,18,19). The summed E-state index contributed by atoms with van der Waals surface area (Å²) in [4.78, 5) is 11.4. The fourth-order valence-corrected chi connectivity index (χ4v) is 3.70. The Labute approximate surface area is 121 Å². The van der Waals surface area contributed by atoms with Crippen LogP contribution in [-0.2, 0) is 19.6 Å². The fraction of sp³-hybridized carbons (Fsp3) is 0.917. The van der Waals surface area contributed by atoms with E-state index in [9.17, 15) is 27.1 Å². The van der Waals surface area contributed by atoms with Crippen LogP contribution < -0.4 is 0 Å². The number of alkyl halides is 2. The van der Waals surface area contributed by atoms with Gasteiger partial charge in [0.1, 0.15) is 5.60 Å². The van der Waals surface area contributed by atoms with Crippen LogP contribution in [0.25, 0.3) is 0 Å². The predicted molar refractivity (Wildman–Crippen MR) is 67.0 cm³/mol. The molecular weight excluding hydrogens is 310 g/mol. The van der Waals surface area contributed by atoms with E-state index in [0.717, 1.165) is 0 Å². The average molecular weight is 328 g/mol. The Kier molecular flexibility index (Phi) is 3.44. The van der Waals surface area contributed by atoms with E-state index in [4.69, 9.17) is 4.55 Å². The highest BCUT2D eigenvalue weighted by Gasteiger charge is 2.65. The average Bonchev–Trinajstić information content (AvgIpc) is 2.30. The van der Waals surface area contributed by atoms with Crippen molar-refractivity contribution in [3.05, 3.63) is 0 Å². The van der Waals surface area contributed by atoms with Crippen molar-refractivity contribution in [3.63, 3.8) is 0 Å². The van der Waals surface area contributed by atoms with E-state index in [-0.39, 0.29) is 23.7 Å². The summed E-state index contributed by atoms with van der Waals surface area (Å²) < 4.78 is 60.6. The third kappa shape index (κ3) is 2.25. The molecule has 3 saturated carbocycles. The molecule has 0 aliphatic heterocycles. The monoisotopic (exact) mass is 328 g/mol. The third-order valence-corrected chi connectivity index (χ3v) is 5.91. The summed E-state index contributed by atoms with van der Waals surface area (Å²) in [7, 11) is -5.91. The maximum Gasteiger partial charge on any atom is 0.465 e. The first-order chi connectivity index (χ1) is 9.23. The Morgan fingerprint density at radius 3 is 2.24 bits per heavy atom. The van der Waals surface area contributed by atoms with Crippen LogP contribution in [0.3, 0.4) is 0 Å². The molecule has 0 amide bonds. The number of carbonyl (C=O) groups is 1. The molecule has 21 heavy (non-hydrogen) atoms. The lowest BCUT2D eigenvalue weighted by atomic mass is 9.45. The maximum absolute atomic E-state index is 13.2. The summed E-state index contributed by atoms with van der Waals surface area (Å²) in [6, 6.07) is 0. The normalized spacial score (nSPS) is 38.5. The van der Waals surface area contributed by atoms with Crippen molar-refractivity contribution >= 4 is 16.1 Å². The fourth-order valence-electron chi connectivity index (χ4n) is 3.45. The van der Waals surface area contributed by atoms with Crippen molar-refractivity contribution in [1.29, 1.82) is 0 Å². The molecule has 2 bridgehead atoms. The summed E-state index contributed by atoms with van der Waals surface area (Å²) in [5.41, 5.74) is -1.77. The zero-order chi connectivity index (χ0) is 16.4. The van der Waals surface area contributed by atoms with E-state index in [2.05, 4.69) is 4.74 Å². The van der Waals surface area contributed by atoms with Crippen molar-refractivity contribution < 1.29 is 36.4 Å². The van der Waals surface area contributed by atoms with Crippen LogP contribution in [0.1, 0.15) is 33.6 Å². The van der Waals surface area contributed by atoms with Crippen LogP contribution >= 0.6 is 0 Å². The van der Waals surface area contributed by atoms with Gasteiger partial charge < -0.3 is 9.84 Å². The highest BCUT2D eigenvalue weighted by atomic mass is 32.2. The van der Waals surface area contributed by atoms with E-state index < -0.39 is 33.0 Å². The molecule has 0 radical (unpaired) electrons. The van der Waals surface area contributed by atoms with Crippen LogP contribution in [0.15, 0.2) is 0 Å². The molecular formula is C12H18F2O6S. The number of carbonyl (C=O) groups excluding carboxylic acids is 1. The highest BCUT2D eigenvalue weighted by Crippen LogP contribution is 2.62. The summed E-state index contributed by atoms with van der Waals surface area (Å²) in [5, 5.41) is 5.20. The zero-order valence-corrected chi connectivity index (χ0v) is 12.7. The Balaban J connectivity index is 2.19. The molecule has 2 N–H and O–H groups in total.